The van der Waals surface area contributed by atoms with Crippen LogP contribution in [0.5, 0.6) is 0 Å². The van der Waals surface area contributed by atoms with Crippen LogP contribution in [0, 0.1) is 11.3 Å². The summed E-state index contributed by atoms with van der Waals surface area (Å²) in [6.07, 6.45) is 0. The van der Waals surface area contributed by atoms with Crippen molar-refractivity contribution in [3.8, 4) is 6.07 Å². The first-order valence-corrected chi connectivity index (χ1v) is 4.95. The molecule has 0 saturated carbocycles. The standard InChI is InChI=1S/C7H2ClNS2/c8-6-1-5-4(2-9)3-10-7(5)11-6/h1,3H. The molecular formula is C7H2ClNS2. The lowest BCUT2D eigenvalue weighted by atomic mass is 10.3. The van der Waals surface area contributed by atoms with Gasteiger partial charge < -0.3 is 0 Å². The smallest absolute Gasteiger partial charge is 0.101 e. The van der Waals surface area contributed by atoms with Gasteiger partial charge in [-0.05, 0) is 6.07 Å². The number of hydrogen-bond acceptors (Lipinski definition) is 3. The molecular weight excluding hydrogens is 198 g/mol. The average molecular weight is 200 g/mol. The number of halogens is 1. The van der Waals surface area contributed by atoms with Crippen LogP contribution in [0.4, 0.5) is 0 Å². The van der Waals surface area contributed by atoms with Crippen LogP contribution in [0.3, 0.4) is 0 Å². The van der Waals surface area contributed by atoms with Crippen molar-refractivity contribution in [1.29, 1.82) is 5.26 Å². The first kappa shape index (κ1) is 7.11. The van der Waals surface area contributed by atoms with E-state index in [2.05, 4.69) is 6.07 Å². The molecule has 0 radical (unpaired) electrons. The van der Waals surface area contributed by atoms with Crippen molar-refractivity contribution >= 4 is 43.7 Å². The average Bonchev–Trinajstić information content (AvgIpc) is 2.45. The van der Waals surface area contributed by atoms with Crippen molar-refractivity contribution in [1.82, 2.24) is 0 Å². The van der Waals surface area contributed by atoms with E-state index in [1.54, 1.807) is 11.3 Å². The normalized spacial score (nSPS) is 10.2. The number of thiophene rings is 2. The van der Waals surface area contributed by atoms with Gasteiger partial charge in [0, 0.05) is 10.8 Å². The molecule has 0 aromatic carbocycles. The molecule has 0 aliphatic heterocycles. The summed E-state index contributed by atoms with van der Waals surface area (Å²) < 4.78 is 1.88. The summed E-state index contributed by atoms with van der Waals surface area (Å²) in [5.41, 5.74) is 0.730. The summed E-state index contributed by atoms with van der Waals surface area (Å²) in [6.45, 7) is 0. The van der Waals surface area contributed by atoms with Crippen LogP contribution in [0.1, 0.15) is 5.56 Å². The van der Waals surface area contributed by atoms with Gasteiger partial charge in [-0.3, -0.25) is 0 Å². The van der Waals surface area contributed by atoms with Crippen molar-refractivity contribution < 1.29 is 0 Å². The van der Waals surface area contributed by atoms with E-state index in [9.17, 15) is 0 Å². The van der Waals surface area contributed by atoms with Crippen molar-refractivity contribution in [3.63, 3.8) is 0 Å². The molecule has 0 bridgehead atoms. The molecule has 0 amide bonds. The predicted octanol–water partition coefficient (Wildman–Crippen LogP) is 3.49. The maximum absolute atomic E-state index is 8.65. The molecule has 2 aromatic rings. The first-order valence-electron chi connectivity index (χ1n) is 2.88. The fraction of sp³-hybridized carbons (Fsp3) is 0. The van der Waals surface area contributed by atoms with E-state index < -0.39 is 0 Å². The predicted molar refractivity (Wildman–Crippen MR) is 49.4 cm³/mol. The third-order valence-corrected chi connectivity index (χ3v) is 3.75. The number of hydrogen-bond donors (Lipinski definition) is 0. The molecule has 0 saturated heterocycles. The third-order valence-electron chi connectivity index (χ3n) is 1.36. The Morgan fingerprint density at radius 3 is 3.09 bits per heavy atom. The van der Waals surface area contributed by atoms with Crippen LogP contribution in [0.15, 0.2) is 11.4 Å². The van der Waals surface area contributed by atoms with Crippen molar-refractivity contribution in [2.24, 2.45) is 0 Å². The van der Waals surface area contributed by atoms with E-state index in [-0.39, 0.29) is 0 Å². The Morgan fingerprint density at radius 1 is 1.55 bits per heavy atom. The highest BCUT2D eigenvalue weighted by molar-refractivity contribution is 7.39. The topological polar surface area (TPSA) is 23.8 Å². The Hall–Kier alpha value is -0.560. The molecule has 54 valence electrons. The minimum atomic E-state index is 0.730. The molecule has 2 heterocycles. The van der Waals surface area contributed by atoms with E-state index in [4.69, 9.17) is 16.9 Å². The molecule has 2 rings (SSSR count). The summed E-state index contributed by atoms with van der Waals surface area (Å²) in [7, 11) is 0. The van der Waals surface area contributed by atoms with E-state index in [1.807, 2.05) is 11.4 Å². The highest BCUT2D eigenvalue weighted by Gasteiger charge is 2.06. The fourth-order valence-electron chi connectivity index (χ4n) is 0.883. The Morgan fingerprint density at radius 2 is 2.36 bits per heavy atom. The molecule has 0 aliphatic rings. The van der Waals surface area contributed by atoms with Gasteiger partial charge >= 0.3 is 0 Å². The Balaban J connectivity index is 2.86. The van der Waals surface area contributed by atoms with Gasteiger partial charge in [-0.15, -0.1) is 22.7 Å². The Labute approximate surface area is 76.5 Å². The van der Waals surface area contributed by atoms with E-state index in [0.29, 0.717) is 0 Å². The van der Waals surface area contributed by atoms with Crippen LogP contribution >= 0.6 is 34.3 Å². The molecule has 4 heteroatoms. The second kappa shape index (κ2) is 2.49. The molecule has 0 spiro atoms. The molecule has 0 fully saturated rings. The van der Waals surface area contributed by atoms with Gasteiger partial charge in [-0.1, -0.05) is 11.6 Å². The maximum Gasteiger partial charge on any atom is 0.101 e. The van der Waals surface area contributed by atoms with Gasteiger partial charge in [-0.2, -0.15) is 5.26 Å². The van der Waals surface area contributed by atoms with Crippen LogP contribution in [0.2, 0.25) is 4.34 Å². The van der Waals surface area contributed by atoms with Crippen LogP contribution in [-0.2, 0) is 0 Å². The lowest BCUT2D eigenvalue weighted by Gasteiger charge is -1.74. The zero-order chi connectivity index (χ0) is 7.84. The quantitative estimate of drug-likeness (QED) is 0.637. The van der Waals surface area contributed by atoms with Crippen molar-refractivity contribution in [2.45, 2.75) is 0 Å². The van der Waals surface area contributed by atoms with E-state index in [1.165, 1.54) is 11.3 Å². The summed E-state index contributed by atoms with van der Waals surface area (Å²) in [5.74, 6) is 0. The summed E-state index contributed by atoms with van der Waals surface area (Å²) in [4.78, 5) is 0. The molecule has 1 nitrogen and oxygen atoms in total. The summed E-state index contributed by atoms with van der Waals surface area (Å²) in [5, 5.41) is 11.5. The van der Waals surface area contributed by atoms with Gasteiger partial charge in [0.2, 0.25) is 0 Å². The molecule has 2 aromatic heterocycles. The van der Waals surface area contributed by atoms with Gasteiger partial charge in [0.15, 0.2) is 0 Å². The number of rotatable bonds is 0. The third kappa shape index (κ3) is 1.04. The van der Waals surface area contributed by atoms with Gasteiger partial charge in [0.1, 0.15) is 6.07 Å². The lowest BCUT2D eigenvalue weighted by molar-refractivity contribution is 1.52. The van der Waals surface area contributed by atoms with E-state index >= 15 is 0 Å². The minimum Gasteiger partial charge on any atom is -0.192 e. The van der Waals surface area contributed by atoms with Crippen LogP contribution in [-0.4, -0.2) is 0 Å². The number of nitriles is 1. The Kier molecular flexibility index (Phi) is 1.61. The number of nitrogens with zero attached hydrogens (tertiary/aromatic N) is 1. The first-order chi connectivity index (χ1) is 5.31. The second-order valence-electron chi connectivity index (χ2n) is 2.01. The van der Waals surface area contributed by atoms with E-state index in [0.717, 1.165) is 19.3 Å². The van der Waals surface area contributed by atoms with Gasteiger partial charge in [0.25, 0.3) is 0 Å². The van der Waals surface area contributed by atoms with Crippen molar-refractivity contribution in [3.05, 3.63) is 21.3 Å². The SMILES string of the molecule is N#Cc1csc2sc(Cl)cc12. The number of fused-ring (bicyclic) bond motifs is 1. The second-order valence-corrected chi connectivity index (χ2v) is 4.83. The molecule has 0 unspecified atom stereocenters. The zero-order valence-corrected chi connectivity index (χ0v) is 7.69. The summed E-state index contributed by atoms with van der Waals surface area (Å²) >= 11 is 8.86. The minimum absolute atomic E-state index is 0.730. The van der Waals surface area contributed by atoms with Gasteiger partial charge in [-0.25, -0.2) is 0 Å². The zero-order valence-electron chi connectivity index (χ0n) is 5.30. The fourth-order valence-corrected chi connectivity index (χ4v) is 3.30. The maximum atomic E-state index is 8.65. The van der Waals surface area contributed by atoms with Gasteiger partial charge in [0.05, 0.1) is 13.9 Å². The lowest BCUT2D eigenvalue weighted by Crippen LogP contribution is -1.61. The van der Waals surface area contributed by atoms with Crippen LogP contribution in [0.25, 0.3) is 9.40 Å². The Bertz CT molecular complexity index is 435. The summed E-state index contributed by atoms with van der Waals surface area (Å²) in [6, 6.07) is 3.97. The highest BCUT2D eigenvalue weighted by atomic mass is 35.5. The monoisotopic (exact) mass is 199 g/mol. The van der Waals surface area contributed by atoms with Crippen LogP contribution < -0.4 is 0 Å². The molecule has 0 aliphatic carbocycles. The molecule has 0 N–H and O–H groups in total. The molecule has 0 atom stereocenters. The van der Waals surface area contributed by atoms with Crippen molar-refractivity contribution in [2.75, 3.05) is 0 Å². The molecule has 11 heavy (non-hydrogen) atoms. The highest BCUT2D eigenvalue weighted by Crippen LogP contribution is 2.35. The largest absolute Gasteiger partial charge is 0.192 e.